The van der Waals surface area contributed by atoms with Gasteiger partial charge in [-0.25, -0.2) is 0 Å². The van der Waals surface area contributed by atoms with Gasteiger partial charge in [-0.3, -0.25) is 4.79 Å². The quantitative estimate of drug-likeness (QED) is 0.690. The Balaban J connectivity index is 2.17. The van der Waals surface area contributed by atoms with Crippen molar-refractivity contribution in [3.8, 4) is 5.75 Å². The standard InChI is InChI=1S/C14H21BrN2O3/c1-17(14(18)11-16-7-9-19-2)8-10-20-13-5-3-12(15)4-6-13/h3-6,16H,7-11H2,1-2H3. The van der Waals surface area contributed by atoms with Crippen LogP contribution in [-0.4, -0.2) is 57.8 Å². The van der Waals surface area contributed by atoms with Crippen molar-refractivity contribution < 1.29 is 14.3 Å². The number of amides is 1. The molecule has 6 heteroatoms. The fourth-order valence-electron chi connectivity index (χ4n) is 1.46. The first-order valence-corrected chi connectivity index (χ1v) is 7.24. The summed E-state index contributed by atoms with van der Waals surface area (Å²) in [6.45, 7) is 2.62. The summed E-state index contributed by atoms with van der Waals surface area (Å²) in [6.07, 6.45) is 0. The van der Waals surface area contributed by atoms with E-state index in [1.807, 2.05) is 24.3 Å². The Morgan fingerprint density at radius 3 is 2.65 bits per heavy atom. The van der Waals surface area contributed by atoms with Gasteiger partial charge in [-0.05, 0) is 24.3 Å². The van der Waals surface area contributed by atoms with Crippen LogP contribution in [0.4, 0.5) is 0 Å². The zero-order valence-corrected chi connectivity index (χ0v) is 13.5. The third kappa shape index (κ3) is 6.88. The van der Waals surface area contributed by atoms with E-state index in [0.717, 1.165) is 10.2 Å². The monoisotopic (exact) mass is 344 g/mol. The lowest BCUT2D eigenvalue weighted by atomic mass is 10.3. The fourth-order valence-corrected chi connectivity index (χ4v) is 1.72. The smallest absolute Gasteiger partial charge is 0.236 e. The van der Waals surface area contributed by atoms with Crippen molar-refractivity contribution in [2.45, 2.75) is 0 Å². The van der Waals surface area contributed by atoms with Crippen LogP contribution in [0.2, 0.25) is 0 Å². The van der Waals surface area contributed by atoms with Crippen LogP contribution in [0.25, 0.3) is 0 Å². The first-order chi connectivity index (χ1) is 9.63. The molecule has 1 aromatic carbocycles. The van der Waals surface area contributed by atoms with E-state index in [-0.39, 0.29) is 5.91 Å². The van der Waals surface area contributed by atoms with E-state index >= 15 is 0 Å². The molecule has 0 spiro atoms. The highest BCUT2D eigenvalue weighted by Crippen LogP contribution is 2.15. The molecule has 0 heterocycles. The molecule has 0 fully saturated rings. The van der Waals surface area contributed by atoms with Gasteiger partial charge in [0.15, 0.2) is 0 Å². The van der Waals surface area contributed by atoms with Crippen LogP contribution in [0.5, 0.6) is 5.75 Å². The summed E-state index contributed by atoms with van der Waals surface area (Å²) in [5.74, 6) is 0.841. The Labute approximate surface area is 128 Å². The van der Waals surface area contributed by atoms with Gasteiger partial charge in [-0.15, -0.1) is 0 Å². The maximum atomic E-state index is 11.8. The molecule has 0 aliphatic rings. The van der Waals surface area contributed by atoms with E-state index in [2.05, 4.69) is 21.2 Å². The van der Waals surface area contributed by atoms with Gasteiger partial charge in [0, 0.05) is 25.2 Å². The molecule has 0 saturated heterocycles. The first kappa shape index (κ1) is 16.9. The van der Waals surface area contributed by atoms with Gasteiger partial charge in [0.2, 0.25) is 5.91 Å². The molecule has 112 valence electrons. The average molecular weight is 345 g/mol. The predicted octanol–water partition coefficient (Wildman–Crippen LogP) is 1.52. The number of nitrogens with one attached hydrogen (secondary N) is 1. The van der Waals surface area contributed by atoms with E-state index in [0.29, 0.717) is 32.8 Å². The molecular weight excluding hydrogens is 324 g/mol. The van der Waals surface area contributed by atoms with Gasteiger partial charge in [-0.2, -0.15) is 0 Å². The topological polar surface area (TPSA) is 50.8 Å². The molecule has 0 radical (unpaired) electrons. The maximum Gasteiger partial charge on any atom is 0.236 e. The van der Waals surface area contributed by atoms with Crippen molar-refractivity contribution in [1.29, 1.82) is 0 Å². The summed E-state index contributed by atoms with van der Waals surface area (Å²) in [5, 5.41) is 3.02. The highest BCUT2D eigenvalue weighted by molar-refractivity contribution is 9.10. The third-order valence-corrected chi connectivity index (χ3v) is 3.22. The molecule has 0 aromatic heterocycles. The van der Waals surface area contributed by atoms with Crippen molar-refractivity contribution in [3.05, 3.63) is 28.7 Å². The molecule has 1 aromatic rings. The van der Waals surface area contributed by atoms with E-state index in [4.69, 9.17) is 9.47 Å². The Hall–Kier alpha value is -1.11. The molecule has 0 saturated carbocycles. The number of rotatable bonds is 9. The van der Waals surface area contributed by atoms with E-state index in [9.17, 15) is 4.79 Å². The van der Waals surface area contributed by atoms with Gasteiger partial charge >= 0.3 is 0 Å². The Bertz CT molecular complexity index is 398. The van der Waals surface area contributed by atoms with Gasteiger partial charge in [0.05, 0.1) is 19.7 Å². The lowest BCUT2D eigenvalue weighted by Crippen LogP contribution is -2.38. The molecule has 0 unspecified atom stereocenters. The van der Waals surface area contributed by atoms with Gasteiger partial charge < -0.3 is 19.7 Å². The molecule has 0 aliphatic heterocycles. The van der Waals surface area contributed by atoms with Gasteiger partial charge in [-0.1, -0.05) is 15.9 Å². The molecule has 5 nitrogen and oxygen atoms in total. The predicted molar refractivity (Wildman–Crippen MR) is 82.0 cm³/mol. The number of methoxy groups -OCH3 is 1. The van der Waals surface area contributed by atoms with Gasteiger partial charge in [0.25, 0.3) is 0 Å². The molecule has 1 N–H and O–H groups in total. The van der Waals surface area contributed by atoms with Crippen molar-refractivity contribution in [1.82, 2.24) is 10.2 Å². The normalized spacial score (nSPS) is 10.3. The summed E-state index contributed by atoms with van der Waals surface area (Å²) in [5.41, 5.74) is 0. The minimum Gasteiger partial charge on any atom is -0.492 e. The van der Waals surface area contributed by atoms with Crippen molar-refractivity contribution in [2.24, 2.45) is 0 Å². The van der Waals surface area contributed by atoms with E-state index < -0.39 is 0 Å². The highest BCUT2D eigenvalue weighted by Gasteiger charge is 2.07. The average Bonchev–Trinajstić information content (AvgIpc) is 2.45. The number of carbonyl (C=O) groups excluding carboxylic acids is 1. The summed E-state index contributed by atoms with van der Waals surface area (Å²) in [6, 6.07) is 7.62. The maximum absolute atomic E-state index is 11.8. The minimum absolute atomic E-state index is 0.0421. The second kappa shape index (κ2) is 9.74. The van der Waals surface area contributed by atoms with Crippen LogP contribution in [0.15, 0.2) is 28.7 Å². The second-order valence-corrected chi connectivity index (χ2v) is 5.20. The van der Waals surface area contributed by atoms with Crippen LogP contribution in [0.3, 0.4) is 0 Å². The van der Waals surface area contributed by atoms with Crippen LogP contribution in [0, 0.1) is 0 Å². The Kier molecular flexibility index (Phi) is 8.25. The molecule has 0 aliphatic carbocycles. The van der Waals surface area contributed by atoms with E-state index in [1.165, 1.54) is 0 Å². The zero-order valence-electron chi connectivity index (χ0n) is 11.9. The first-order valence-electron chi connectivity index (χ1n) is 6.45. The van der Waals surface area contributed by atoms with E-state index in [1.54, 1.807) is 19.1 Å². The van der Waals surface area contributed by atoms with Crippen molar-refractivity contribution >= 4 is 21.8 Å². The Morgan fingerprint density at radius 2 is 2.00 bits per heavy atom. The number of hydrogen-bond acceptors (Lipinski definition) is 4. The summed E-state index contributed by atoms with van der Waals surface area (Å²) in [7, 11) is 3.40. The summed E-state index contributed by atoms with van der Waals surface area (Å²) in [4.78, 5) is 13.4. The summed E-state index contributed by atoms with van der Waals surface area (Å²) < 4.78 is 11.5. The summed E-state index contributed by atoms with van der Waals surface area (Å²) >= 11 is 3.37. The number of hydrogen-bond donors (Lipinski definition) is 1. The molecule has 0 bridgehead atoms. The lowest BCUT2D eigenvalue weighted by Gasteiger charge is -2.17. The minimum atomic E-state index is 0.0421. The van der Waals surface area contributed by atoms with Crippen LogP contribution in [0.1, 0.15) is 0 Å². The molecule has 1 amide bonds. The van der Waals surface area contributed by atoms with Crippen LogP contribution in [-0.2, 0) is 9.53 Å². The molecule has 1 rings (SSSR count). The largest absolute Gasteiger partial charge is 0.492 e. The number of benzene rings is 1. The van der Waals surface area contributed by atoms with Crippen molar-refractivity contribution in [2.75, 3.05) is 47.0 Å². The second-order valence-electron chi connectivity index (χ2n) is 4.29. The number of halogens is 1. The van der Waals surface area contributed by atoms with Crippen LogP contribution >= 0.6 is 15.9 Å². The fraction of sp³-hybridized carbons (Fsp3) is 0.500. The van der Waals surface area contributed by atoms with Crippen LogP contribution < -0.4 is 10.1 Å². The third-order valence-electron chi connectivity index (χ3n) is 2.69. The molecule has 0 atom stereocenters. The number of ether oxygens (including phenoxy) is 2. The number of likely N-dealkylation sites (N-methyl/N-ethyl adjacent to an activating group) is 1. The Morgan fingerprint density at radius 1 is 1.30 bits per heavy atom. The van der Waals surface area contributed by atoms with Gasteiger partial charge in [0.1, 0.15) is 12.4 Å². The number of nitrogens with zero attached hydrogens (tertiary/aromatic N) is 1. The zero-order chi connectivity index (χ0) is 14.8. The lowest BCUT2D eigenvalue weighted by molar-refractivity contribution is -0.129. The number of carbonyl (C=O) groups is 1. The molecular formula is C14H21BrN2O3. The SMILES string of the molecule is COCCNCC(=O)N(C)CCOc1ccc(Br)cc1. The van der Waals surface area contributed by atoms with Crippen molar-refractivity contribution in [3.63, 3.8) is 0 Å². The highest BCUT2D eigenvalue weighted by atomic mass is 79.9. The molecule has 20 heavy (non-hydrogen) atoms.